The van der Waals surface area contributed by atoms with Gasteiger partial charge in [0.25, 0.3) is 0 Å². The van der Waals surface area contributed by atoms with Crippen LogP contribution in [0.4, 0.5) is 4.39 Å². The summed E-state index contributed by atoms with van der Waals surface area (Å²) in [6.07, 6.45) is 2.32. The maximum atomic E-state index is 11.5. The Morgan fingerprint density at radius 1 is 1.40 bits per heavy atom. The Bertz CT molecular complexity index is 30.6. The summed E-state index contributed by atoms with van der Waals surface area (Å²) < 4.78 is 11.5. The highest BCUT2D eigenvalue weighted by Crippen LogP contribution is 2.20. The molecule has 30 valence electrons. The van der Waals surface area contributed by atoms with Gasteiger partial charge in [-0.15, -0.1) is 0 Å². The molecule has 1 rings (SSSR count). The lowest BCUT2D eigenvalue weighted by atomic mass is 9.98. The Balaban J connectivity index is 2.08. The summed E-state index contributed by atoms with van der Waals surface area (Å²) in [5, 5.41) is 0. The van der Waals surface area contributed by atoms with Crippen molar-refractivity contribution in [3.8, 4) is 0 Å². The van der Waals surface area contributed by atoms with Crippen molar-refractivity contribution in [2.24, 2.45) is 0 Å². The van der Waals surface area contributed by atoms with E-state index in [0.717, 1.165) is 19.3 Å². The van der Waals surface area contributed by atoms with Gasteiger partial charge in [-0.25, -0.2) is 4.39 Å². The topological polar surface area (TPSA) is 0 Å². The van der Waals surface area contributed by atoms with Crippen molar-refractivity contribution in [2.75, 3.05) is 0 Å². The van der Waals surface area contributed by atoms with E-state index in [1.807, 2.05) is 0 Å². The predicted octanol–water partition coefficient (Wildman–Crippen LogP) is 1.51. The van der Waals surface area contributed by atoms with Crippen LogP contribution in [0.1, 0.15) is 19.3 Å². The zero-order valence-electron chi connectivity index (χ0n) is 3.08. The highest BCUT2D eigenvalue weighted by molar-refractivity contribution is 4.65. The van der Waals surface area contributed by atoms with Crippen molar-refractivity contribution in [1.29, 1.82) is 0 Å². The van der Waals surface area contributed by atoms with E-state index in [-0.39, 0.29) is 0 Å². The van der Waals surface area contributed by atoms with Crippen LogP contribution >= 0.6 is 0 Å². The molecule has 1 aliphatic rings. The normalized spacial score (nSPS) is 25.8. The van der Waals surface area contributed by atoms with Gasteiger partial charge in [0.05, 0.1) is 0 Å². The molecule has 1 aliphatic carbocycles. The van der Waals surface area contributed by atoms with Gasteiger partial charge >= 0.3 is 0 Å². The van der Waals surface area contributed by atoms with Crippen LogP contribution in [-0.4, -0.2) is 6.17 Å². The highest BCUT2D eigenvalue weighted by Gasteiger charge is 2.14. The second-order valence-electron chi connectivity index (χ2n) is 1.53. The van der Waals surface area contributed by atoms with E-state index in [1.165, 1.54) is 0 Å². The zero-order chi connectivity index (χ0) is 3.70. The Morgan fingerprint density at radius 2 is 1.80 bits per heavy atom. The molecular weight excluding hydrogens is 66.0 g/mol. The number of hydrogen-bond donors (Lipinski definition) is 0. The number of halogens is 1. The molecule has 0 nitrogen and oxygen atoms in total. The van der Waals surface area contributed by atoms with E-state index >= 15 is 0 Å². The van der Waals surface area contributed by atoms with Crippen LogP contribution < -0.4 is 0 Å². The molecule has 0 N–H and O–H groups in total. The van der Waals surface area contributed by atoms with E-state index in [2.05, 4.69) is 0 Å². The largest absolute Gasteiger partial charge is 0.247 e. The van der Waals surface area contributed by atoms with Crippen LogP contribution in [-0.2, 0) is 0 Å². The molecule has 5 heavy (non-hydrogen) atoms. The molecule has 0 aromatic heterocycles. The van der Waals surface area contributed by atoms with Gasteiger partial charge in [-0.1, -0.05) is 0 Å². The van der Waals surface area contributed by atoms with Gasteiger partial charge in [0.2, 0.25) is 0 Å². The van der Waals surface area contributed by atoms with Crippen molar-refractivity contribution >= 4 is 0 Å². The summed E-state index contributed by atoms with van der Waals surface area (Å²) >= 11 is 0. The highest BCUT2D eigenvalue weighted by atomic mass is 18.2. The van der Waals surface area contributed by atoms with E-state index in [9.17, 15) is 4.39 Å². The quantitative estimate of drug-likeness (QED) is 0.407. The Labute approximate surface area is 31.0 Å². The SMILES string of the molecule is [18F]C1CCC1. The molecule has 0 atom stereocenters. The second kappa shape index (κ2) is 0.959. The van der Waals surface area contributed by atoms with Crippen LogP contribution in [0.15, 0.2) is 0 Å². The van der Waals surface area contributed by atoms with Gasteiger partial charge in [0.15, 0.2) is 0 Å². The van der Waals surface area contributed by atoms with Crippen LogP contribution in [0.2, 0.25) is 0 Å². The molecule has 0 radical (unpaired) electrons. The summed E-state index contributed by atoms with van der Waals surface area (Å²) in [5.74, 6) is 0. The van der Waals surface area contributed by atoms with Crippen molar-refractivity contribution in [3.05, 3.63) is 0 Å². The minimum Gasteiger partial charge on any atom is -0.247 e. The molecule has 1 fully saturated rings. The summed E-state index contributed by atoms with van der Waals surface area (Å²) in [7, 11) is 0. The first kappa shape index (κ1) is 3.13. The van der Waals surface area contributed by atoms with Gasteiger partial charge in [0.1, 0.15) is 6.17 Å². The first-order chi connectivity index (χ1) is 2.39. The zero-order valence-corrected chi connectivity index (χ0v) is 3.08. The molecule has 0 amide bonds. The van der Waals surface area contributed by atoms with Crippen LogP contribution in [0.25, 0.3) is 0 Å². The summed E-state index contributed by atoms with van der Waals surface area (Å²) in [6, 6.07) is 0. The predicted molar refractivity (Wildman–Crippen MR) is 18.7 cm³/mol. The molecule has 0 aromatic carbocycles. The first-order valence-corrected chi connectivity index (χ1v) is 2.03. The summed E-state index contributed by atoms with van der Waals surface area (Å²) in [6.45, 7) is 0. The van der Waals surface area contributed by atoms with Crippen LogP contribution in [0.3, 0.4) is 0 Å². The lowest BCUT2D eigenvalue weighted by Crippen LogP contribution is -2.09. The van der Waals surface area contributed by atoms with Gasteiger partial charge in [-0.2, -0.15) is 0 Å². The lowest BCUT2D eigenvalue weighted by Gasteiger charge is -2.14. The standard InChI is InChI=1S/C4H7F/c5-4-2-1-3-4/h4H,1-3H2/i5-1. The molecule has 0 spiro atoms. The van der Waals surface area contributed by atoms with Crippen molar-refractivity contribution in [3.63, 3.8) is 0 Å². The minimum atomic E-state index is -0.435. The van der Waals surface area contributed by atoms with E-state index in [1.54, 1.807) is 0 Å². The fraction of sp³-hybridized carbons (Fsp3) is 1.00. The molecule has 0 saturated heterocycles. The number of rotatable bonds is 0. The van der Waals surface area contributed by atoms with Gasteiger partial charge in [0, 0.05) is 0 Å². The number of alkyl halides is 1. The van der Waals surface area contributed by atoms with Gasteiger partial charge in [-0.3, -0.25) is 0 Å². The second-order valence-corrected chi connectivity index (χ2v) is 1.53. The molecule has 0 aromatic rings. The minimum absolute atomic E-state index is 0.435. The third-order valence-corrected chi connectivity index (χ3v) is 1.03. The van der Waals surface area contributed by atoms with Crippen LogP contribution in [0, 0.1) is 0 Å². The lowest BCUT2D eigenvalue weighted by molar-refractivity contribution is 0.211. The monoisotopic (exact) mass is 73.1 g/mol. The maximum Gasteiger partial charge on any atom is 0.100 e. The third-order valence-electron chi connectivity index (χ3n) is 1.03. The van der Waals surface area contributed by atoms with Crippen molar-refractivity contribution in [1.82, 2.24) is 0 Å². The van der Waals surface area contributed by atoms with E-state index in [0.29, 0.717) is 0 Å². The van der Waals surface area contributed by atoms with Gasteiger partial charge in [-0.05, 0) is 19.3 Å². The Kier molecular flexibility index (Phi) is 0.601. The molecular formula is C4H7F. The fourth-order valence-corrected chi connectivity index (χ4v) is 0.358. The van der Waals surface area contributed by atoms with Crippen molar-refractivity contribution < 1.29 is 4.39 Å². The van der Waals surface area contributed by atoms with Crippen LogP contribution in [0.5, 0.6) is 0 Å². The third kappa shape index (κ3) is 0.416. The Hall–Kier alpha value is -0.0700. The van der Waals surface area contributed by atoms with E-state index in [4.69, 9.17) is 0 Å². The average molecular weight is 73.1 g/mol. The van der Waals surface area contributed by atoms with Crippen molar-refractivity contribution in [2.45, 2.75) is 25.4 Å². The molecule has 0 heterocycles. The molecule has 0 aliphatic heterocycles. The first-order valence-electron chi connectivity index (χ1n) is 2.03. The van der Waals surface area contributed by atoms with E-state index < -0.39 is 6.17 Å². The van der Waals surface area contributed by atoms with Gasteiger partial charge < -0.3 is 0 Å². The summed E-state index contributed by atoms with van der Waals surface area (Å²) in [5.41, 5.74) is 0. The average Bonchev–Trinajstić information content (AvgIpc) is 1.30. The summed E-state index contributed by atoms with van der Waals surface area (Å²) in [4.78, 5) is 0. The molecule has 1 saturated carbocycles. The molecule has 1 heteroatoms. The smallest absolute Gasteiger partial charge is 0.100 e. The fourth-order valence-electron chi connectivity index (χ4n) is 0.358. The number of hydrogen-bond acceptors (Lipinski definition) is 0. The Morgan fingerprint density at radius 3 is 1.80 bits per heavy atom. The molecule has 0 unspecified atom stereocenters. The molecule has 0 bridgehead atoms. The maximum absolute atomic E-state index is 11.5.